The van der Waals surface area contributed by atoms with Gasteiger partial charge in [0.2, 0.25) is 5.91 Å². The van der Waals surface area contributed by atoms with Gasteiger partial charge in [0.1, 0.15) is 0 Å². The molecular weight excluding hydrogens is 382 g/mol. The second kappa shape index (κ2) is 6.44. The Morgan fingerprint density at radius 3 is 2.93 bits per heavy atom. The van der Waals surface area contributed by atoms with Crippen molar-refractivity contribution in [2.24, 2.45) is 10.8 Å². The van der Waals surface area contributed by atoms with Crippen molar-refractivity contribution in [3.8, 4) is 0 Å². The summed E-state index contributed by atoms with van der Waals surface area (Å²) in [6.45, 7) is 7.77. The molecule has 144 valence electrons. The lowest BCUT2D eigenvalue weighted by Crippen LogP contribution is -2.38. The van der Waals surface area contributed by atoms with Gasteiger partial charge in [-0.3, -0.25) is 14.9 Å². The number of rotatable bonds is 4. The van der Waals surface area contributed by atoms with Gasteiger partial charge in [0.25, 0.3) is 5.69 Å². The van der Waals surface area contributed by atoms with Crippen LogP contribution < -0.4 is 0 Å². The molecule has 0 N–H and O–H groups in total. The Hall–Kier alpha value is -1.67. The lowest BCUT2D eigenvalue weighted by atomic mass is 9.65. The first-order chi connectivity index (χ1) is 12.6. The fourth-order valence-corrected chi connectivity index (χ4v) is 7.01. The maximum absolute atomic E-state index is 12.9. The van der Waals surface area contributed by atoms with E-state index < -0.39 is 4.92 Å². The molecule has 1 aliphatic heterocycles. The van der Waals surface area contributed by atoms with Crippen molar-refractivity contribution in [3.63, 3.8) is 0 Å². The van der Waals surface area contributed by atoms with E-state index in [1.54, 1.807) is 12.1 Å². The van der Waals surface area contributed by atoms with E-state index >= 15 is 0 Å². The van der Waals surface area contributed by atoms with Crippen LogP contribution in [-0.2, 0) is 4.79 Å². The lowest BCUT2D eigenvalue weighted by molar-refractivity contribution is -0.384. The highest BCUT2D eigenvalue weighted by molar-refractivity contribution is 8.01. The molecule has 1 aliphatic carbocycles. The summed E-state index contributed by atoms with van der Waals surface area (Å²) >= 11 is 2.84. The molecule has 2 aliphatic rings. The van der Waals surface area contributed by atoms with Gasteiger partial charge in [0.15, 0.2) is 4.34 Å². The smallest absolute Gasteiger partial charge is 0.270 e. The molecule has 2 aromatic rings. The van der Waals surface area contributed by atoms with E-state index in [1.165, 1.54) is 35.6 Å². The standard InChI is InChI=1S/C19H23N3O3S2/c1-18(2)7-13-8-19(3,10-18)11-21(13)16(23)9-26-17-20-14-5-4-12(22(24)25)6-15(14)27-17/h4-6,13H,7-11H2,1-3H3/t13-,19-/m1/s1. The Kier molecular flexibility index (Phi) is 4.46. The number of nitro benzene ring substituents is 1. The SMILES string of the molecule is CC1(C)C[C@@H]2C[C@@](C)(CN2C(=O)CSc2nc3ccc([N+](=O)[O-])cc3s2)C1. The summed E-state index contributed by atoms with van der Waals surface area (Å²) in [5, 5.41) is 10.9. The first-order valence-corrected chi connectivity index (χ1v) is 10.9. The third-order valence-corrected chi connectivity index (χ3v) is 7.76. The number of non-ortho nitro benzene ring substituents is 1. The van der Waals surface area contributed by atoms with Gasteiger partial charge >= 0.3 is 0 Å². The Morgan fingerprint density at radius 2 is 2.19 bits per heavy atom. The van der Waals surface area contributed by atoms with Gasteiger partial charge in [-0.15, -0.1) is 11.3 Å². The molecule has 8 heteroatoms. The summed E-state index contributed by atoms with van der Waals surface area (Å²) in [4.78, 5) is 30.0. The topological polar surface area (TPSA) is 76.3 Å². The van der Waals surface area contributed by atoms with Crippen LogP contribution in [-0.4, -0.2) is 39.1 Å². The van der Waals surface area contributed by atoms with Crippen molar-refractivity contribution < 1.29 is 9.72 Å². The molecule has 4 rings (SSSR count). The van der Waals surface area contributed by atoms with Crippen LogP contribution in [0, 0.1) is 20.9 Å². The van der Waals surface area contributed by atoms with Crippen LogP contribution in [0.25, 0.3) is 10.2 Å². The van der Waals surface area contributed by atoms with E-state index in [1.807, 2.05) is 0 Å². The number of likely N-dealkylation sites (tertiary alicyclic amines) is 1. The molecule has 1 amide bonds. The molecule has 2 bridgehead atoms. The molecule has 2 fully saturated rings. The van der Waals surface area contributed by atoms with Crippen LogP contribution in [0.3, 0.4) is 0 Å². The van der Waals surface area contributed by atoms with Gasteiger partial charge < -0.3 is 4.90 Å². The monoisotopic (exact) mass is 405 g/mol. The number of amides is 1. The number of carbonyl (C=O) groups excluding carboxylic acids is 1. The minimum atomic E-state index is -0.400. The van der Waals surface area contributed by atoms with Crippen molar-refractivity contribution in [1.29, 1.82) is 0 Å². The lowest BCUT2D eigenvalue weighted by Gasteiger charge is -2.39. The molecule has 0 spiro atoms. The zero-order chi connectivity index (χ0) is 19.4. The first kappa shape index (κ1) is 18.7. The van der Waals surface area contributed by atoms with E-state index in [9.17, 15) is 14.9 Å². The van der Waals surface area contributed by atoms with Gasteiger partial charge in [-0.1, -0.05) is 32.5 Å². The van der Waals surface area contributed by atoms with Crippen LogP contribution in [0.2, 0.25) is 0 Å². The summed E-state index contributed by atoms with van der Waals surface area (Å²) < 4.78 is 1.57. The van der Waals surface area contributed by atoms with Crippen molar-refractivity contribution >= 4 is 44.9 Å². The highest BCUT2D eigenvalue weighted by Gasteiger charge is 2.50. The zero-order valence-electron chi connectivity index (χ0n) is 15.7. The minimum Gasteiger partial charge on any atom is -0.338 e. The van der Waals surface area contributed by atoms with E-state index in [0.717, 1.165) is 33.9 Å². The highest BCUT2D eigenvalue weighted by Crippen LogP contribution is 2.52. The van der Waals surface area contributed by atoms with Gasteiger partial charge in [-0.2, -0.15) is 0 Å². The highest BCUT2D eigenvalue weighted by atomic mass is 32.2. The Labute approximate surface area is 166 Å². The molecule has 2 heterocycles. The van der Waals surface area contributed by atoms with Crippen LogP contribution in [0.5, 0.6) is 0 Å². The molecule has 1 aromatic heterocycles. The largest absolute Gasteiger partial charge is 0.338 e. The Balaban J connectivity index is 1.44. The normalized spacial score (nSPS) is 26.5. The van der Waals surface area contributed by atoms with Gasteiger partial charge in [0.05, 0.1) is 20.9 Å². The predicted octanol–water partition coefficient (Wildman–Crippen LogP) is 4.72. The van der Waals surface area contributed by atoms with E-state index in [-0.39, 0.29) is 17.0 Å². The van der Waals surface area contributed by atoms with Gasteiger partial charge in [-0.05, 0) is 36.2 Å². The van der Waals surface area contributed by atoms with Crippen LogP contribution in [0.1, 0.15) is 40.0 Å². The zero-order valence-corrected chi connectivity index (χ0v) is 17.4. The third kappa shape index (κ3) is 3.69. The number of carbonyl (C=O) groups is 1. The summed E-state index contributed by atoms with van der Waals surface area (Å²) in [6.07, 6.45) is 3.35. The van der Waals surface area contributed by atoms with Gasteiger partial charge in [0, 0.05) is 24.7 Å². The molecule has 0 unspecified atom stereocenters. The minimum absolute atomic E-state index is 0.0685. The summed E-state index contributed by atoms with van der Waals surface area (Å²) in [6, 6.07) is 5.03. The number of hydrogen-bond donors (Lipinski definition) is 0. The molecule has 0 radical (unpaired) electrons. The maximum atomic E-state index is 12.9. The number of nitrogens with zero attached hydrogens (tertiary/aromatic N) is 3. The van der Waals surface area contributed by atoms with Crippen LogP contribution in [0.4, 0.5) is 5.69 Å². The second-order valence-electron chi connectivity index (χ2n) is 8.91. The Morgan fingerprint density at radius 1 is 1.41 bits per heavy atom. The number of hydrogen-bond acceptors (Lipinski definition) is 6. The molecule has 2 atom stereocenters. The average Bonchev–Trinajstić information content (AvgIpc) is 3.08. The quantitative estimate of drug-likeness (QED) is 0.418. The molecule has 1 aromatic carbocycles. The molecule has 1 saturated carbocycles. The maximum Gasteiger partial charge on any atom is 0.270 e. The third-order valence-electron chi connectivity index (χ3n) is 5.62. The second-order valence-corrected chi connectivity index (χ2v) is 11.2. The summed E-state index contributed by atoms with van der Waals surface area (Å²) in [5.74, 6) is 0.547. The number of aromatic nitrogens is 1. The number of benzene rings is 1. The van der Waals surface area contributed by atoms with Gasteiger partial charge in [-0.25, -0.2) is 4.98 Å². The fraction of sp³-hybridized carbons (Fsp3) is 0.579. The summed E-state index contributed by atoms with van der Waals surface area (Å²) in [7, 11) is 0. The average molecular weight is 406 g/mol. The Bertz CT molecular complexity index is 926. The van der Waals surface area contributed by atoms with Crippen molar-refractivity contribution in [2.75, 3.05) is 12.3 Å². The number of fused-ring (bicyclic) bond motifs is 3. The molecule has 1 saturated heterocycles. The van der Waals surface area contributed by atoms with Crippen LogP contribution >= 0.6 is 23.1 Å². The van der Waals surface area contributed by atoms with Crippen LogP contribution in [0.15, 0.2) is 22.5 Å². The molecule has 27 heavy (non-hydrogen) atoms. The first-order valence-electron chi connectivity index (χ1n) is 9.12. The van der Waals surface area contributed by atoms with Crippen molar-refractivity contribution in [1.82, 2.24) is 9.88 Å². The summed E-state index contributed by atoms with van der Waals surface area (Å²) in [5.41, 5.74) is 1.34. The van der Waals surface area contributed by atoms with Crippen molar-refractivity contribution in [3.05, 3.63) is 28.3 Å². The number of thioether (sulfide) groups is 1. The van der Waals surface area contributed by atoms with E-state index in [2.05, 4.69) is 30.7 Å². The molecule has 6 nitrogen and oxygen atoms in total. The van der Waals surface area contributed by atoms with E-state index in [4.69, 9.17) is 0 Å². The number of nitro groups is 1. The van der Waals surface area contributed by atoms with Crippen molar-refractivity contribution in [2.45, 2.75) is 50.4 Å². The van der Waals surface area contributed by atoms with E-state index in [0.29, 0.717) is 17.2 Å². The predicted molar refractivity (Wildman–Crippen MR) is 108 cm³/mol. The molecular formula is C19H23N3O3S2. The fourth-order valence-electron chi connectivity index (χ4n) is 5.03. The number of thiazole rings is 1.